The highest BCUT2D eigenvalue weighted by atomic mass is 16.5. The van der Waals surface area contributed by atoms with Crippen LogP contribution in [-0.4, -0.2) is 29.8 Å². The van der Waals surface area contributed by atoms with Crippen LogP contribution in [0.1, 0.15) is 38.2 Å². The first-order chi connectivity index (χ1) is 10.2. The highest BCUT2D eigenvalue weighted by Crippen LogP contribution is 2.18. The summed E-state index contributed by atoms with van der Waals surface area (Å²) in [6, 6.07) is 9.79. The van der Waals surface area contributed by atoms with Crippen LogP contribution in [0.4, 0.5) is 0 Å². The van der Waals surface area contributed by atoms with Gasteiger partial charge in [-0.15, -0.1) is 0 Å². The van der Waals surface area contributed by atoms with Gasteiger partial charge >= 0.3 is 5.97 Å². The first kappa shape index (κ1) is 16.0. The van der Waals surface area contributed by atoms with E-state index in [0.717, 1.165) is 31.2 Å². The summed E-state index contributed by atoms with van der Waals surface area (Å²) in [6.45, 7) is 2.72. The third-order valence-corrected chi connectivity index (χ3v) is 4.04. The Bertz CT molecular complexity index is 435. The quantitative estimate of drug-likeness (QED) is 0.789. The molecule has 116 valence electrons. The van der Waals surface area contributed by atoms with Crippen molar-refractivity contribution in [1.29, 1.82) is 0 Å². The summed E-state index contributed by atoms with van der Waals surface area (Å²) < 4.78 is 5.32. The fourth-order valence-corrected chi connectivity index (χ4v) is 2.63. The molecule has 4 nitrogen and oxygen atoms in total. The van der Waals surface area contributed by atoms with Gasteiger partial charge in [-0.1, -0.05) is 50.1 Å². The summed E-state index contributed by atoms with van der Waals surface area (Å²) in [5, 5.41) is 13.2. The second-order valence-electron chi connectivity index (χ2n) is 5.86. The van der Waals surface area contributed by atoms with Gasteiger partial charge in [0.2, 0.25) is 0 Å². The van der Waals surface area contributed by atoms with Crippen molar-refractivity contribution in [3.63, 3.8) is 0 Å². The zero-order valence-corrected chi connectivity index (χ0v) is 12.6. The molecule has 2 N–H and O–H groups in total. The van der Waals surface area contributed by atoms with E-state index < -0.39 is 0 Å². The van der Waals surface area contributed by atoms with Crippen LogP contribution in [0.3, 0.4) is 0 Å². The maximum Gasteiger partial charge on any atom is 0.310 e. The highest BCUT2D eigenvalue weighted by Gasteiger charge is 2.24. The Kier molecular flexibility index (Phi) is 6.21. The normalized spacial score (nSPS) is 23.5. The molecule has 21 heavy (non-hydrogen) atoms. The van der Waals surface area contributed by atoms with Crippen LogP contribution in [0.15, 0.2) is 30.3 Å². The van der Waals surface area contributed by atoms with Crippen LogP contribution in [-0.2, 0) is 16.1 Å². The predicted molar refractivity (Wildman–Crippen MR) is 81.7 cm³/mol. The van der Waals surface area contributed by atoms with Gasteiger partial charge in [0.15, 0.2) is 0 Å². The number of benzene rings is 1. The van der Waals surface area contributed by atoms with Crippen molar-refractivity contribution in [2.45, 2.75) is 51.4 Å². The number of ether oxygens (including phenoxy) is 1. The van der Waals surface area contributed by atoms with Crippen LogP contribution in [0.5, 0.6) is 0 Å². The second-order valence-corrected chi connectivity index (χ2v) is 5.86. The van der Waals surface area contributed by atoms with Gasteiger partial charge in [-0.05, 0) is 18.4 Å². The SMILES string of the molecule is CC(CNC1CCCCC1O)C(=O)OCc1ccccc1. The van der Waals surface area contributed by atoms with E-state index in [1.54, 1.807) is 0 Å². The Hall–Kier alpha value is -1.39. The molecule has 0 amide bonds. The molecule has 0 aliphatic heterocycles. The summed E-state index contributed by atoms with van der Waals surface area (Å²) in [7, 11) is 0. The lowest BCUT2D eigenvalue weighted by Crippen LogP contribution is -2.44. The Labute approximate surface area is 126 Å². The number of rotatable bonds is 6. The van der Waals surface area contributed by atoms with E-state index in [1.165, 1.54) is 0 Å². The van der Waals surface area contributed by atoms with Gasteiger partial charge in [0.1, 0.15) is 6.61 Å². The summed E-state index contributed by atoms with van der Waals surface area (Å²) in [5.41, 5.74) is 0.994. The number of hydrogen-bond donors (Lipinski definition) is 2. The highest BCUT2D eigenvalue weighted by molar-refractivity contribution is 5.72. The molecule has 4 heteroatoms. The molecule has 3 unspecified atom stereocenters. The van der Waals surface area contributed by atoms with Gasteiger partial charge in [-0.3, -0.25) is 4.79 Å². The van der Waals surface area contributed by atoms with Gasteiger partial charge in [-0.25, -0.2) is 0 Å². The van der Waals surface area contributed by atoms with Crippen LogP contribution < -0.4 is 5.32 Å². The maximum atomic E-state index is 11.9. The second kappa shape index (κ2) is 8.15. The van der Waals surface area contributed by atoms with Crippen molar-refractivity contribution in [3.8, 4) is 0 Å². The van der Waals surface area contributed by atoms with E-state index >= 15 is 0 Å². The zero-order chi connectivity index (χ0) is 15.1. The number of nitrogens with one attached hydrogen (secondary N) is 1. The van der Waals surface area contributed by atoms with Crippen LogP contribution >= 0.6 is 0 Å². The molecule has 1 aliphatic rings. The minimum Gasteiger partial charge on any atom is -0.461 e. The standard InChI is InChI=1S/C17H25NO3/c1-13(11-18-15-9-5-6-10-16(15)19)17(20)21-12-14-7-3-2-4-8-14/h2-4,7-8,13,15-16,18-19H,5-6,9-12H2,1H3. The zero-order valence-electron chi connectivity index (χ0n) is 12.6. The molecular weight excluding hydrogens is 266 g/mol. The van der Waals surface area contributed by atoms with Crippen molar-refractivity contribution in [2.24, 2.45) is 5.92 Å². The number of hydrogen-bond acceptors (Lipinski definition) is 4. The summed E-state index contributed by atoms with van der Waals surface area (Å²) >= 11 is 0. The number of aliphatic hydroxyl groups is 1. The lowest BCUT2D eigenvalue weighted by atomic mass is 9.92. The van der Waals surface area contributed by atoms with E-state index in [4.69, 9.17) is 4.74 Å². The maximum absolute atomic E-state index is 11.9. The molecule has 1 aromatic rings. The third kappa shape index (κ3) is 5.14. The number of carbonyl (C=O) groups excluding carboxylic acids is 1. The molecule has 1 aromatic carbocycles. The minimum atomic E-state index is -0.286. The first-order valence-electron chi connectivity index (χ1n) is 7.79. The molecule has 1 fully saturated rings. The number of esters is 1. The Morgan fingerprint density at radius 1 is 1.33 bits per heavy atom. The molecule has 1 aliphatic carbocycles. The van der Waals surface area contributed by atoms with E-state index in [-0.39, 0.29) is 24.0 Å². The fraction of sp³-hybridized carbons (Fsp3) is 0.588. The third-order valence-electron chi connectivity index (χ3n) is 4.04. The minimum absolute atomic E-state index is 0.114. The van der Waals surface area contributed by atoms with E-state index in [1.807, 2.05) is 37.3 Å². The number of aliphatic hydroxyl groups excluding tert-OH is 1. The summed E-state index contributed by atoms with van der Waals surface area (Å²) in [6.07, 6.45) is 3.78. The molecular formula is C17H25NO3. The molecule has 0 heterocycles. The van der Waals surface area contributed by atoms with Crippen molar-refractivity contribution < 1.29 is 14.6 Å². The average Bonchev–Trinajstić information content (AvgIpc) is 2.52. The van der Waals surface area contributed by atoms with Crippen LogP contribution in [0.25, 0.3) is 0 Å². The predicted octanol–water partition coefficient (Wildman–Crippen LogP) is 2.26. The summed E-state index contributed by atoms with van der Waals surface area (Å²) in [5.74, 6) is -0.403. The van der Waals surface area contributed by atoms with Gasteiger partial charge < -0.3 is 15.2 Å². The Morgan fingerprint density at radius 2 is 2.05 bits per heavy atom. The van der Waals surface area contributed by atoms with Gasteiger partial charge in [-0.2, -0.15) is 0 Å². The smallest absolute Gasteiger partial charge is 0.310 e. The Balaban J connectivity index is 1.69. The number of carbonyl (C=O) groups is 1. The molecule has 1 saturated carbocycles. The van der Waals surface area contributed by atoms with Crippen molar-refractivity contribution >= 4 is 5.97 Å². The van der Waals surface area contributed by atoms with E-state index in [9.17, 15) is 9.90 Å². The van der Waals surface area contributed by atoms with Gasteiger partial charge in [0, 0.05) is 12.6 Å². The topological polar surface area (TPSA) is 58.6 Å². The summed E-state index contributed by atoms with van der Waals surface area (Å²) in [4.78, 5) is 11.9. The lowest BCUT2D eigenvalue weighted by Gasteiger charge is -2.29. The van der Waals surface area contributed by atoms with E-state index in [0.29, 0.717) is 13.2 Å². The molecule has 0 spiro atoms. The van der Waals surface area contributed by atoms with Crippen LogP contribution in [0.2, 0.25) is 0 Å². The average molecular weight is 291 g/mol. The molecule has 3 atom stereocenters. The van der Waals surface area contributed by atoms with Gasteiger partial charge in [0.05, 0.1) is 12.0 Å². The molecule has 0 radical (unpaired) electrons. The van der Waals surface area contributed by atoms with Gasteiger partial charge in [0.25, 0.3) is 0 Å². The van der Waals surface area contributed by atoms with E-state index in [2.05, 4.69) is 5.32 Å². The fourth-order valence-electron chi connectivity index (χ4n) is 2.63. The Morgan fingerprint density at radius 3 is 2.76 bits per heavy atom. The first-order valence-corrected chi connectivity index (χ1v) is 7.79. The molecule has 0 saturated heterocycles. The van der Waals surface area contributed by atoms with Crippen LogP contribution in [0, 0.1) is 5.92 Å². The van der Waals surface area contributed by atoms with Crippen molar-refractivity contribution in [2.75, 3.05) is 6.54 Å². The van der Waals surface area contributed by atoms with Crippen molar-refractivity contribution in [3.05, 3.63) is 35.9 Å². The monoisotopic (exact) mass is 291 g/mol. The lowest BCUT2D eigenvalue weighted by molar-refractivity contribution is -0.149. The molecule has 0 bridgehead atoms. The van der Waals surface area contributed by atoms with Crippen molar-refractivity contribution in [1.82, 2.24) is 5.32 Å². The molecule has 0 aromatic heterocycles. The largest absolute Gasteiger partial charge is 0.461 e. The molecule has 2 rings (SSSR count).